The number of phenolic OH excluding ortho intramolecular Hbond substituents is 1. The normalized spacial score (nSPS) is 12.0. The minimum atomic E-state index is -0.597. The summed E-state index contributed by atoms with van der Waals surface area (Å²) in [5, 5.41) is 18.5. The van der Waals surface area contributed by atoms with E-state index >= 15 is 0 Å². The van der Waals surface area contributed by atoms with E-state index in [1.165, 1.54) is 6.33 Å². The number of aromatic nitrogens is 3. The number of nitrogens with two attached hydrogens (primary N) is 1. The van der Waals surface area contributed by atoms with E-state index in [2.05, 4.69) is 20.5 Å². The van der Waals surface area contributed by atoms with Crippen LogP contribution in [0.3, 0.4) is 0 Å². The van der Waals surface area contributed by atoms with Crippen LogP contribution in [0.4, 0.5) is 0 Å². The maximum Gasteiger partial charge on any atom is 0.237 e. The van der Waals surface area contributed by atoms with Crippen LogP contribution >= 0.6 is 0 Å². The summed E-state index contributed by atoms with van der Waals surface area (Å²) in [5.74, 6) is 0.822. The number of hydrogen-bond acceptors (Lipinski definition) is 5. The molecule has 7 nitrogen and oxygen atoms in total. The van der Waals surface area contributed by atoms with E-state index < -0.39 is 6.04 Å². The van der Waals surface area contributed by atoms with Gasteiger partial charge in [0.1, 0.15) is 17.9 Å². The molecule has 0 radical (unpaired) electrons. The highest BCUT2D eigenvalue weighted by Crippen LogP contribution is 2.10. The number of aromatic amines is 1. The molecule has 1 amide bonds. The van der Waals surface area contributed by atoms with Crippen LogP contribution < -0.4 is 11.1 Å². The number of amides is 1. The fourth-order valence-corrected chi connectivity index (χ4v) is 1.93. The molecule has 0 saturated carbocycles. The number of phenols is 1. The Morgan fingerprint density at radius 2 is 2.14 bits per heavy atom. The second-order valence-corrected chi connectivity index (χ2v) is 4.80. The second-order valence-electron chi connectivity index (χ2n) is 4.80. The average Bonchev–Trinajstić information content (AvgIpc) is 2.99. The van der Waals surface area contributed by atoms with Crippen LogP contribution in [0.25, 0.3) is 0 Å². The van der Waals surface area contributed by atoms with Gasteiger partial charge < -0.3 is 16.2 Å². The summed E-state index contributed by atoms with van der Waals surface area (Å²) in [7, 11) is 0. The lowest BCUT2D eigenvalue weighted by Gasteiger charge is -2.12. The Labute approximate surface area is 122 Å². The summed E-state index contributed by atoms with van der Waals surface area (Å²) in [5.41, 5.74) is 6.78. The SMILES string of the molecule is N[C@@H](Cc1ccc(O)cc1)C(=O)NCCCc1ncn[nH]1. The predicted molar refractivity (Wildman–Crippen MR) is 77.5 cm³/mol. The third-order valence-electron chi connectivity index (χ3n) is 3.08. The van der Waals surface area contributed by atoms with Gasteiger partial charge in [0.25, 0.3) is 0 Å². The zero-order chi connectivity index (χ0) is 15.1. The molecule has 21 heavy (non-hydrogen) atoms. The van der Waals surface area contributed by atoms with Crippen LogP contribution in [0.5, 0.6) is 5.75 Å². The van der Waals surface area contributed by atoms with E-state index in [1.807, 2.05) is 0 Å². The van der Waals surface area contributed by atoms with Crippen LogP contribution in [0, 0.1) is 0 Å². The van der Waals surface area contributed by atoms with Gasteiger partial charge in [0.2, 0.25) is 5.91 Å². The Bertz CT molecular complexity index is 553. The van der Waals surface area contributed by atoms with Crippen molar-refractivity contribution in [2.75, 3.05) is 6.54 Å². The molecule has 2 aromatic rings. The molecule has 0 spiro atoms. The first-order chi connectivity index (χ1) is 10.1. The van der Waals surface area contributed by atoms with E-state index in [9.17, 15) is 9.90 Å². The van der Waals surface area contributed by atoms with Crippen molar-refractivity contribution in [3.05, 3.63) is 42.0 Å². The summed E-state index contributed by atoms with van der Waals surface area (Å²) in [4.78, 5) is 15.9. The van der Waals surface area contributed by atoms with Gasteiger partial charge in [-0.1, -0.05) is 12.1 Å². The van der Waals surface area contributed by atoms with Crippen LogP contribution in [-0.2, 0) is 17.6 Å². The number of hydrogen-bond donors (Lipinski definition) is 4. The van der Waals surface area contributed by atoms with Crippen molar-refractivity contribution in [3.8, 4) is 5.75 Å². The average molecular weight is 289 g/mol. The molecule has 1 atom stereocenters. The van der Waals surface area contributed by atoms with Crippen LogP contribution in [0.15, 0.2) is 30.6 Å². The van der Waals surface area contributed by atoms with Crippen molar-refractivity contribution < 1.29 is 9.90 Å². The summed E-state index contributed by atoms with van der Waals surface area (Å²) in [6.07, 6.45) is 3.40. The lowest BCUT2D eigenvalue weighted by molar-refractivity contribution is -0.122. The lowest BCUT2D eigenvalue weighted by Crippen LogP contribution is -2.42. The van der Waals surface area contributed by atoms with Crippen molar-refractivity contribution >= 4 is 5.91 Å². The summed E-state index contributed by atoms with van der Waals surface area (Å²) < 4.78 is 0. The molecule has 0 bridgehead atoms. The van der Waals surface area contributed by atoms with Crippen LogP contribution in [0.1, 0.15) is 17.8 Å². The number of H-pyrrole nitrogens is 1. The van der Waals surface area contributed by atoms with Crippen LogP contribution in [0.2, 0.25) is 0 Å². The molecule has 0 fully saturated rings. The Hall–Kier alpha value is -2.41. The topological polar surface area (TPSA) is 117 Å². The highest BCUT2D eigenvalue weighted by atomic mass is 16.3. The number of rotatable bonds is 7. The van der Waals surface area contributed by atoms with Gasteiger partial charge in [-0.15, -0.1) is 0 Å². The number of carbonyl (C=O) groups excluding carboxylic acids is 1. The van der Waals surface area contributed by atoms with Gasteiger partial charge in [-0.3, -0.25) is 9.89 Å². The van der Waals surface area contributed by atoms with Gasteiger partial charge in [-0.05, 0) is 30.5 Å². The fraction of sp³-hybridized carbons (Fsp3) is 0.357. The summed E-state index contributed by atoms with van der Waals surface area (Å²) in [6.45, 7) is 0.544. The zero-order valence-electron chi connectivity index (χ0n) is 11.6. The highest BCUT2D eigenvalue weighted by molar-refractivity contribution is 5.81. The van der Waals surface area contributed by atoms with Gasteiger partial charge in [0.15, 0.2) is 0 Å². The molecule has 0 unspecified atom stereocenters. The summed E-state index contributed by atoms with van der Waals surface area (Å²) in [6, 6.07) is 6.08. The fourth-order valence-electron chi connectivity index (χ4n) is 1.93. The van der Waals surface area contributed by atoms with E-state index in [1.54, 1.807) is 24.3 Å². The van der Waals surface area contributed by atoms with E-state index in [0.717, 1.165) is 24.2 Å². The Balaban J connectivity index is 1.68. The van der Waals surface area contributed by atoms with Crippen molar-refractivity contribution in [2.45, 2.75) is 25.3 Å². The van der Waals surface area contributed by atoms with E-state index in [4.69, 9.17) is 5.73 Å². The van der Waals surface area contributed by atoms with E-state index in [0.29, 0.717) is 13.0 Å². The minimum absolute atomic E-state index is 0.180. The Morgan fingerprint density at radius 3 is 2.81 bits per heavy atom. The monoisotopic (exact) mass is 289 g/mol. The van der Waals surface area contributed by atoms with Crippen molar-refractivity contribution in [1.82, 2.24) is 20.5 Å². The van der Waals surface area contributed by atoms with Gasteiger partial charge in [0.05, 0.1) is 6.04 Å². The molecular weight excluding hydrogens is 270 g/mol. The molecule has 0 aliphatic rings. The largest absolute Gasteiger partial charge is 0.508 e. The molecule has 1 aromatic carbocycles. The third kappa shape index (κ3) is 4.88. The first-order valence-corrected chi connectivity index (χ1v) is 6.80. The molecule has 0 aliphatic carbocycles. The van der Waals surface area contributed by atoms with Crippen molar-refractivity contribution in [2.24, 2.45) is 5.73 Å². The first-order valence-electron chi connectivity index (χ1n) is 6.80. The maximum absolute atomic E-state index is 11.9. The van der Waals surface area contributed by atoms with Crippen molar-refractivity contribution in [3.63, 3.8) is 0 Å². The zero-order valence-corrected chi connectivity index (χ0v) is 11.6. The Kier molecular flexibility index (Phi) is 5.28. The molecule has 2 rings (SSSR count). The molecule has 1 aromatic heterocycles. The number of aromatic hydroxyl groups is 1. The number of aryl methyl sites for hydroxylation is 1. The quantitative estimate of drug-likeness (QED) is 0.540. The second kappa shape index (κ2) is 7.39. The molecule has 1 heterocycles. The lowest BCUT2D eigenvalue weighted by atomic mass is 10.1. The van der Waals surface area contributed by atoms with Crippen LogP contribution in [-0.4, -0.2) is 38.8 Å². The molecule has 7 heteroatoms. The molecule has 5 N–H and O–H groups in total. The first kappa shape index (κ1) is 15.0. The molecular formula is C14H19N5O2. The number of carbonyl (C=O) groups is 1. The van der Waals surface area contributed by atoms with Crippen molar-refractivity contribution in [1.29, 1.82) is 0 Å². The molecule has 0 saturated heterocycles. The van der Waals surface area contributed by atoms with Gasteiger partial charge in [-0.2, -0.15) is 5.10 Å². The van der Waals surface area contributed by atoms with Gasteiger partial charge >= 0.3 is 0 Å². The minimum Gasteiger partial charge on any atom is -0.508 e. The standard InChI is InChI=1S/C14H19N5O2/c15-12(8-10-3-5-11(20)6-4-10)14(21)16-7-1-2-13-17-9-18-19-13/h3-6,9,12,20H,1-2,7-8,15H2,(H,16,21)(H,17,18,19)/t12-/m0/s1. The predicted octanol–water partition coefficient (Wildman–Crippen LogP) is 0.129. The Morgan fingerprint density at radius 1 is 1.38 bits per heavy atom. The summed E-state index contributed by atoms with van der Waals surface area (Å²) >= 11 is 0. The third-order valence-corrected chi connectivity index (χ3v) is 3.08. The number of nitrogens with one attached hydrogen (secondary N) is 2. The number of nitrogens with zero attached hydrogens (tertiary/aromatic N) is 2. The smallest absolute Gasteiger partial charge is 0.237 e. The highest BCUT2D eigenvalue weighted by Gasteiger charge is 2.13. The van der Waals surface area contributed by atoms with Gasteiger partial charge in [-0.25, -0.2) is 4.98 Å². The maximum atomic E-state index is 11.9. The molecule has 112 valence electrons. The van der Waals surface area contributed by atoms with Gasteiger partial charge in [0, 0.05) is 13.0 Å². The van der Waals surface area contributed by atoms with E-state index in [-0.39, 0.29) is 11.7 Å². The number of benzene rings is 1. The molecule has 0 aliphatic heterocycles.